The highest BCUT2D eigenvalue weighted by atomic mass is 19.4. The number of carboxylic acids is 1. The third kappa shape index (κ3) is 4.53. The van der Waals surface area contributed by atoms with Gasteiger partial charge in [-0.3, -0.25) is 9.69 Å². The number of halogens is 3. The summed E-state index contributed by atoms with van der Waals surface area (Å²) in [7, 11) is 3.04. The van der Waals surface area contributed by atoms with Crippen LogP contribution in [-0.4, -0.2) is 43.3 Å². The van der Waals surface area contributed by atoms with Crippen LogP contribution in [0.1, 0.15) is 35.6 Å². The van der Waals surface area contributed by atoms with Gasteiger partial charge in [0.1, 0.15) is 0 Å². The average molecular weight is 423 g/mol. The molecule has 0 spiro atoms. The molecule has 1 saturated heterocycles. The minimum Gasteiger partial charge on any atom is -0.493 e. The molecule has 1 N–H and O–H groups in total. The van der Waals surface area contributed by atoms with E-state index in [2.05, 4.69) is 4.90 Å². The first kappa shape index (κ1) is 22.0. The second-order valence-electron chi connectivity index (χ2n) is 7.25. The summed E-state index contributed by atoms with van der Waals surface area (Å²) in [6.45, 7) is 1.01. The summed E-state index contributed by atoms with van der Waals surface area (Å²) in [6, 6.07) is 10.1. The molecule has 3 rings (SSSR count). The maximum absolute atomic E-state index is 13.0. The number of carboxylic acid groups (broad SMARTS) is 1. The van der Waals surface area contributed by atoms with Crippen LogP contribution >= 0.6 is 0 Å². The van der Waals surface area contributed by atoms with E-state index < -0.39 is 29.7 Å². The van der Waals surface area contributed by atoms with Crippen LogP contribution in [0.5, 0.6) is 11.5 Å². The molecule has 0 aromatic heterocycles. The van der Waals surface area contributed by atoms with Crippen LogP contribution in [-0.2, 0) is 11.0 Å². The number of likely N-dealkylation sites (tertiary alicyclic amines) is 1. The Morgan fingerprint density at radius 1 is 1.07 bits per heavy atom. The molecular weight excluding hydrogens is 399 g/mol. The minimum atomic E-state index is -4.42. The fourth-order valence-corrected chi connectivity index (χ4v) is 3.97. The highest BCUT2D eigenvalue weighted by Crippen LogP contribution is 2.42. The Hall–Kier alpha value is -2.74. The lowest BCUT2D eigenvalue weighted by molar-refractivity contribution is -0.143. The largest absolute Gasteiger partial charge is 0.493 e. The number of aliphatic carboxylic acids is 1. The van der Waals surface area contributed by atoms with Gasteiger partial charge in [0.25, 0.3) is 0 Å². The summed E-state index contributed by atoms with van der Waals surface area (Å²) >= 11 is 0. The number of carbonyl (C=O) groups is 1. The maximum atomic E-state index is 13.0. The van der Waals surface area contributed by atoms with Crippen molar-refractivity contribution < 1.29 is 32.5 Å². The summed E-state index contributed by atoms with van der Waals surface area (Å²) in [4.78, 5) is 13.4. The third-order valence-electron chi connectivity index (χ3n) is 5.53. The topological polar surface area (TPSA) is 59.0 Å². The summed E-state index contributed by atoms with van der Waals surface area (Å²) in [5.41, 5.74) is 0.709. The number of rotatable bonds is 6. The van der Waals surface area contributed by atoms with Gasteiger partial charge in [-0.2, -0.15) is 13.2 Å². The number of hydrogen-bond acceptors (Lipinski definition) is 4. The van der Waals surface area contributed by atoms with Crippen molar-refractivity contribution in [2.24, 2.45) is 5.92 Å². The zero-order valence-corrected chi connectivity index (χ0v) is 16.8. The van der Waals surface area contributed by atoms with E-state index >= 15 is 0 Å². The number of methoxy groups -OCH3 is 2. The number of ether oxygens (including phenoxy) is 2. The average Bonchev–Trinajstić information content (AvgIpc) is 2.73. The fraction of sp³-hybridized carbons (Fsp3) is 0.409. The van der Waals surface area contributed by atoms with Gasteiger partial charge in [0, 0.05) is 5.56 Å². The Labute approximate surface area is 173 Å². The molecule has 8 heteroatoms. The van der Waals surface area contributed by atoms with Crippen LogP contribution in [0, 0.1) is 5.92 Å². The van der Waals surface area contributed by atoms with E-state index in [-0.39, 0.29) is 0 Å². The number of benzene rings is 2. The number of piperidine rings is 1. The van der Waals surface area contributed by atoms with E-state index in [9.17, 15) is 23.1 Å². The van der Waals surface area contributed by atoms with Gasteiger partial charge in [-0.05, 0) is 49.7 Å². The first-order valence-corrected chi connectivity index (χ1v) is 9.61. The van der Waals surface area contributed by atoms with Crippen LogP contribution in [0.25, 0.3) is 0 Å². The Morgan fingerprint density at radius 2 is 1.70 bits per heavy atom. The molecule has 30 heavy (non-hydrogen) atoms. The van der Waals surface area contributed by atoms with E-state index in [1.54, 1.807) is 12.1 Å². The molecule has 1 unspecified atom stereocenters. The Kier molecular flexibility index (Phi) is 6.55. The van der Waals surface area contributed by atoms with Crippen molar-refractivity contribution in [3.8, 4) is 11.5 Å². The lowest BCUT2D eigenvalue weighted by Crippen LogP contribution is -2.39. The molecule has 1 fully saturated rings. The molecule has 162 valence electrons. The van der Waals surface area contributed by atoms with Crippen molar-refractivity contribution in [3.05, 3.63) is 59.2 Å². The molecule has 0 saturated carbocycles. The van der Waals surface area contributed by atoms with Gasteiger partial charge < -0.3 is 14.6 Å². The van der Waals surface area contributed by atoms with Gasteiger partial charge in [0.15, 0.2) is 11.5 Å². The van der Waals surface area contributed by atoms with Crippen LogP contribution in [0.2, 0.25) is 0 Å². The molecular formula is C22H24F3NO4. The molecule has 0 bridgehead atoms. The zero-order chi connectivity index (χ0) is 21.9. The number of nitrogens with zero attached hydrogens (tertiary/aromatic N) is 1. The van der Waals surface area contributed by atoms with E-state index in [4.69, 9.17) is 9.47 Å². The third-order valence-corrected chi connectivity index (χ3v) is 5.53. The molecule has 1 heterocycles. The first-order chi connectivity index (χ1) is 14.3. The summed E-state index contributed by atoms with van der Waals surface area (Å²) in [5.74, 6) is -0.209. The first-order valence-electron chi connectivity index (χ1n) is 9.61. The summed E-state index contributed by atoms with van der Waals surface area (Å²) in [6.07, 6.45) is -3.47. The molecule has 1 atom stereocenters. The lowest BCUT2D eigenvalue weighted by Gasteiger charge is -2.37. The Bertz CT molecular complexity index is 875. The Balaban J connectivity index is 2.03. The van der Waals surface area contributed by atoms with Crippen LogP contribution < -0.4 is 9.47 Å². The van der Waals surface area contributed by atoms with Crippen molar-refractivity contribution >= 4 is 5.97 Å². The Morgan fingerprint density at radius 3 is 2.20 bits per heavy atom. The molecule has 1 aliphatic heterocycles. The smallest absolute Gasteiger partial charge is 0.416 e. The predicted octanol–water partition coefficient (Wildman–Crippen LogP) is 4.61. The monoisotopic (exact) mass is 423 g/mol. The second kappa shape index (κ2) is 8.95. The van der Waals surface area contributed by atoms with Crippen LogP contribution in [0.4, 0.5) is 13.2 Å². The van der Waals surface area contributed by atoms with Crippen molar-refractivity contribution in [3.63, 3.8) is 0 Å². The fourth-order valence-electron chi connectivity index (χ4n) is 3.97. The standard InChI is InChI=1S/C22H24F3NO4/c1-29-18-5-3-4-17(20(18)30-2)19(26-12-10-15(11-13-26)21(27)28)14-6-8-16(9-7-14)22(23,24)25/h3-9,15,19H,10-13H2,1-2H3,(H,27,28). The molecule has 1 aliphatic rings. The van der Waals surface area contributed by atoms with Crippen molar-refractivity contribution in [2.45, 2.75) is 25.1 Å². The van der Waals surface area contributed by atoms with Crippen molar-refractivity contribution in [2.75, 3.05) is 27.3 Å². The van der Waals surface area contributed by atoms with Gasteiger partial charge in [0.05, 0.1) is 31.7 Å². The van der Waals surface area contributed by atoms with E-state index in [1.165, 1.54) is 26.4 Å². The maximum Gasteiger partial charge on any atom is 0.416 e. The van der Waals surface area contributed by atoms with E-state index in [0.717, 1.165) is 17.7 Å². The van der Waals surface area contributed by atoms with Gasteiger partial charge in [-0.25, -0.2) is 0 Å². The van der Waals surface area contributed by atoms with Crippen molar-refractivity contribution in [1.82, 2.24) is 4.90 Å². The zero-order valence-electron chi connectivity index (χ0n) is 16.8. The normalized spacial score (nSPS) is 16.8. The van der Waals surface area contributed by atoms with Crippen molar-refractivity contribution in [1.29, 1.82) is 0 Å². The summed E-state index contributed by atoms with van der Waals surface area (Å²) in [5, 5.41) is 9.29. The molecule has 0 radical (unpaired) electrons. The number of hydrogen-bond donors (Lipinski definition) is 1. The molecule has 5 nitrogen and oxygen atoms in total. The van der Waals surface area contributed by atoms with E-state index in [1.807, 2.05) is 6.07 Å². The highest BCUT2D eigenvalue weighted by Gasteiger charge is 2.34. The van der Waals surface area contributed by atoms with Crippen LogP contribution in [0.15, 0.2) is 42.5 Å². The molecule has 0 aliphatic carbocycles. The summed E-state index contributed by atoms with van der Waals surface area (Å²) < 4.78 is 50.1. The van der Waals surface area contributed by atoms with Gasteiger partial charge in [-0.1, -0.05) is 24.3 Å². The number of alkyl halides is 3. The second-order valence-corrected chi connectivity index (χ2v) is 7.25. The molecule has 0 amide bonds. The predicted molar refractivity (Wildman–Crippen MR) is 105 cm³/mol. The van der Waals surface area contributed by atoms with Gasteiger partial charge in [0.2, 0.25) is 0 Å². The molecule has 2 aromatic carbocycles. The molecule has 2 aromatic rings. The van der Waals surface area contributed by atoms with Crippen LogP contribution in [0.3, 0.4) is 0 Å². The minimum absolute atomic E-state index is 0.396. The number of para-hydroxylation sites is 1. The van der Waals surface area contributed by atoms with E-state index in [0.29, 0.717) is 43.0 Å². The van der Waals surface area contributed by atoms with Gasteiger partial charge >= 0.3 is 12.1 Å². The lowest BCUT2D eigenvalue weighted by atomic mass is 9.90. The van der Waals surface area contributed by atoms with Gasteiger partial charge in [-0.15, -0.1) is 0 Å². The quantitative estimate of drug-likeness (QED) is 0.736. The highest BCUT2D eigenvalue weighted by molar-refractivity contribution is 5.70. The SMILES string of the molecule is COc1cccc(C(c2ccc(C(F)(F)F)cc2)N2CCC(C(=O)O)CC2)c1OC.